The number of ether oxygens (including phenoxy) is 3. The molecule has 32 heavy (non-hydrogen) atoms. The number of allylic oxidation sites excluding steroid dienone is 2. The van der Waals surface area contributed by atoms with Gasteiger partial charge in [0.15, 0.2) is 0 Å². The Morgan fingerprint density at radius 2 is 1.81 bits per heavy atom. The minimum absolute atomic E-state index is 0.0439. The van der Waals surface area contributed by atoms with Gasteiger partial charge in [-0.2, -0.15) is 0 Å². The maximum atomic E-state index is 13.0. The number of hydrogen-bond donors (Lipinski definition) is 1. The summed E-state index contributed by atoms with van der Waals surface area (Å²) in [6.07, 6.45) is 0.0856. The number of carboxylic acids is 1. The van der Waals surface area contributed by atoms with Crippen LogP contribution in [0.3, 0.4) is 0 Å². The molecule has 1 N–H and O–H groups in total. The van der Waals surface area contributed by atoms with Gasteiger partial charge in [-0.25, -0.2) is 9.59 Å². The molecule has 11 heteroatoms. The highest BCUT2D eigenvalue weighted by Gasteiger charge is 2.40. The maximum Gasteiger partial charge on any atom is 0.339 e. The molecule has 1 aromatic carbocycles. The smallest absolute Gasteiger partial charge is 0.339 e. The van der Waals surface area contributed by atoms with Gasteiger partial charge in [-0.05, 0) is 19.4 Å². The van der Waals surface area contributed by atoms with Crippen LogP contribution in [0.4, 0.5) is 5.69 Å². The minimum Gasteiger partial charge on any atom is -0.478 e. The number of nitro benzene ring substituents is 1. The van der Waals surface area contributed by atoms with E-state index in [2.05, 4.69) is 0 Å². The Bertz CT molecular complexity index is 997. The molecule has 0 radical (unpaired) electrons. The van der Waals surface area contributed by atoms with Crippen LogP contribution < -0.4 is 0 Å². The largest absolute Gasteiger partial charge is 0.478 e. The average molecular weight is 448 g/mol. The molecule has 1 unspecified atom stereocenters. The lowest BCUT2D eigenvalue weighted by atomic mass is 9.79. The molecule has 0 fully saturated rings. The van der Waals surface area contributed by atoms with Gasteiger partial charge in [0.25, 0.3) is 5.69 Å². The third-order valence-corrected chi connectivity index (χ3v) is 4.99. The molecular formula is C21H24N2O9. The van der Waals surface area contributed by atoms with Crippen LogP contribution in [0.2, 0.25) is 0 Å². The summed E-state index contributed by atoms with van der Waals surface area (Å²) in [5, 5.41) is 21.2. The van der Waals surface area contributed by atoms with E-state index in [1.165, 1.54) is 36.3 Å². The molecule has 0 saturated heterocycles. The van der Waals surface area contributed by atoms with Crippen LogP contribution in [-0.2, 0) is 28.6 Å². The average Bonchev–Trinajstić information content (AvgIpc) is 2.75. The van der Waals surface area contributed by atoms with E-state index in [9.17, 15) is 29.6 Å². The topological polar surface area (TPSA) is 146 Å². The molecule has 0 saturated carbocycles. The van der Waals surface area contributed by atoms with E-state index in [0.29, 0.717) is 11.4 Å². The molecular weight excluding hydrogens is 424 g/mol. The summed E-state index contributed by atoms with van der Waals surface area (Å²) in [5.41, 5.74) is 0.403. The number of nitrogens with zero attached hydrogens (tertiary/aromatic N) is 2. The molecule has 2 rings (SSSR count). The quantitative estimate of drug-likeness (QED) is 0.259. The first kappa shape index (κ1) is 24.5. The zero-order valence-electron chi connectivity index (χ0n) is 18.1. The highest BCUT2D eigenvalue weighted by atomic mass is 16.7. The van der Waals surface area contributed by atoms with Crippen LogP contribution in [0, 0.1) is 10.1 Å². The van der Waals surface area contributed by atoms with Gasteiger partial charge in [-0.1, -0.05) is 19.1 Å². The second-order valence-electron chi connectivity index (χ2n) is 6.85. The number of non-ortho nitro benzene ring substituents is 1. The number of carboxylic acid groups (broad SMARTS) is 1. The highest BCUT2D eigenvalue weighted by molar-refractivity contribution is 5.99. The second kappa shape index (κ2) is 10.5. The van der Waals surface area contributed by atoms with Crippen molar-refractivity contribution < 1.29 is 38.6 Å². The van der Waals surface area contributed by atoms with E-state index in [-0.39, 0.29) is 35.5 Å². The van der Waals surface area contributed by atoms with Crippen LogP contribution in [-0.4, -0.2) is 53.5 Å². The lowest BCUT2D eigenvalue weighted by Gasteiger charge is -2.36. The minimum atomic E-state index is -1.31. The van der Waals surface area contributed by atoms with E-state index in [0.717, 1.165) is 0 Å². The van der Waals surface area contributed by atoms with E-state index >= 15 is 0 Å². The molecule has 0 bridgehead atoms. The van der Waals surface area contributed by atoms with E-state index < -0.39 is 35.5 Å². The molecule has 0 spiro atoms. The van der Waals surface area contributed by atoms with Crippen molar-refractivity contribution in [1.82, 2.24) is 4.90 Å². The van der Waals surface area contributed by atoms with Crippen LogP contribution in [0.5, 0.6) is 0 Å². The molecule has 1 atom stereocenters. The number of nitro groups is 1. The van der Waals surface area contributed by atoms with Gasteiger partial charge < -0.3 is 24.2 Å². The van der Waals surface area contributed by atoms with E-state index in [1.807, 2.05) is 0 Å². The number of carbonyl (C=O) groups is 3. The van der Waals surface area contributed by atoms with Crippen LogP contribution in [0.1, 0.15) is 38.7 Å². The van der Waals surface area contributed by atoms with Crippen molar-refractivity contribution in [1.29, 1.82) is 0 Å². The Kier molecular flexibility index (Phi) is 8.08. The monoisotopic (exact) mass is 448 g/mol. The van der Waals surface area contributed by atoms with Crippen molar-refractivity contribution in [3.8, 4) is 0 Å². The molecule has 11 nitrogen and oxygen atoms in total. The lowest BCUT2D eigenvalue weighted by Crippen LogP contribution is -2.36. The third kappa shape index (κ3) is 5.11. The number of rotatable bonds is 9. The number of aliphatic carboxylic acids is 1. The standard InChI is InChI=1S/C21H24N2O9/c1-5-16(24)31-11-32-21(27)18-13(3)22(10-30-4)12(2)17(20(25)26)19(18)14-7-6-8-15(9-14)23(28)29/h6-9,19H,5,10-11H2,1-4H3,(H,25,26). The van der Waals surface area contributed by atoms with Gasteiger partial charge in [-0.15, -0.1) is 0 Å². The molecule has 1 aromatic rings. The summed E-state index contributed by atoms with van der Waals surface area (Å²) < 4.78 is 15.0. The summed E-state index contributed by atoms with van der Waals surface area (Å²) in [6.45, 7) is 4.02. The molecule has 0 aliphatic carbocycles. The van der Waals surface area contributed by atoms with E-state index in [4.69, 9.17) is 14.2 Å². The number of esters is 2. The molecule has 0 amide bonds. The Balaban J connectivity index is 2.63. The third-order valence-electron chi connectivity index (χ3n) is 4.99. The first-order valence-corrected chi connectivity index (χ1v) is 9.62. The summed E-state index contributed by atoms with van der Waals surface area (Å²) >= 11 is 0. The van der Waals surface area contributed by atoms with E-state index in [1.54, 1.807) is 20.8 Å². The van der Waals surface area contributed by atoms with Gasteiger partial charge in [0.05, 0.1) is 22.0 Å². The van der Waals surface area contributed by atoms with Crippen LogP contribution in [0.15, 0.2) is 46.8 Å². The first-order valence-electron chi connectivity index (χ1n) is 9.62. The molecule has 172 valence electrons. The summed E-state index contributed by atoms with van der Waals surface area (Å²) in [4.78, 5) is 48.7. The van der Waals surface area contributed by atoms with Crippen molar-refractivity contribution in [2.45, 2.75) is 33.1 Å². The van der Waals surface area contributed by atoms with Crippen molar-refractivity contribution in [3.63, 3.8) is 0 Å². The van der Waals surface area contributed by atoms with Crippen molar-refractivity contribution in [3.05, 3.63) is 62.5 Å². The molecule has 0 aromatic heterocycles. The Hall–Kier alpha value is -3.73. The van der Waals surface area contributed by atoms with Gasteiger partial charge in [-0.3, -0.25) is 14.9 Å². The molecule has 1 aliphatic rings. The molecule has 1 aliphatic heterocycles. The Morgan fingerprint density at radius 3 is 2.38 bits per heavy atom. The van der Waals surface area contributed by atoms with Crippen molar-refractivity contribution in [2.24, 2.45) is 0 Å². The number of benzene rings is 1. The fraction of sp³-hybridized carbons (Fsp3) is 0.381. The summed E-state index contributed by atoms with van der Waals surface area (Å²) in [7, 11) is 1.41. The van der Waals surface area contributed by atoms with Crippen LogP contribution >= 0.6 is 0 Å². The predicted octanol–water partition coefficient (Wildman–Crippen LogP) is 2.68. The van der Waals surface area contributed by atoms with Gasteiger partial charge in [0.2, 0.25) is 6.79 Å². The summed E-state index contributed by atoms with van der Waals surface area (Å²) in [5.74, 6) is -3.97. The SMILES string of the molecule is CCC(=O)OCOC(=O)C1=C(C)N(COC)C(C)=C(C(=O)O)C1c1cccc([N+](=O)[O-])c1. The van der Waals surface area contributed by atoms with Crippen molar-refractivity contribution >= 4 is 23.6 Å². The first-order chi connectivity index (χ1) is 15.1. The second-order valence-corrected chi connectivity index (χ2v) is 6.85. The molecule has 1 heterocycles. The fourth-order valence-electron chi connectivity index (χ4n) is 3.45. The summed E-state index contributed by atoms with van der Waals surface area (Å²) in [6, 6.07) is 5.38. The normalized spacial score (nSPS) is 16.1. The number of carbonyl (C=O) groups excluding carboxylic acids is 2. The van der Waals surface area contributed by atoms with Crippen LogP contribution in [0.25, 0.3) is 0 Å². The van der Waals surface area contributed by atoms with Gasteiger partial charge in [0, 0.05) is 37.1 Å². The Labute approximate surface area is 184 Å². The zero-order valence-corrected chi connectivity index (χ0v) is 18.1. The van der Waals surface area contributed by atoms with Gasteiger partial charge >= 0.3 is 17.9 Å². The predicted molar refractivity (Wildman–Crippen MR) is 110 cm³/mol. The van der Waals surface area contributed by atoms with Crippen molar-refractivity contribution in [2.75, 3.05) is 20.6 Å². The van der Waals surface area contributed by atoms with Gasteiger partial charge in [0.1, 0.15) is 6.73 Å². The fourth-order valence-corrected chi connectivity index (χ4v) is 3.45. The maximum absolute atomic E-state index is 13.0. The zero-order chi connectivity index (χ0) is 24.0. The number of hydrogen-bond acceptors (Lipinski definition) is 9. The number of methoxy groups -OCH3 is 1. The Morgan fingerprint density at radius 1 is 1.16 bits per heavy atom. The highest BCUT2D eigenvalue weighted by Crippen LogP contribution is 2.43. The lowest BCUT2D eigenvalue weighted by molar-refractivity contribution is -0.384.